The molecule has 0 unspecified atom stereocenters. The number of nitro benzene ring substituents is 1. The molecule has 3 rings (SSSR count). The summed E-state index contributed by atoms with van der Waals surface area (Å²) < 4.78 is 6.40. The lowest BCUT2D eigenvalue weighted by Crippen LogP contribution is -2.15. The lowest BCUT2D eigenvalue weighted by Gasteiger charge is -2.23. The van der Waals surface area contributed by atoms with Gasteiger partial charge in [0.05, 0.1) is 21.7 Å². The number of thiazole rings is 1. The van der Waals surface area contributed by atoms with Crippen LogP contribution in [0.2, 0.25) is 0 Å². The summed E-state index contributed by atoms with van der Waals surface area (Å²) >= 11 is 1.22. The smallest absolute Gasteiger partial charge is 0.270 e. The van der Waals surface area contributed by atoms with E-state index in [-0.39, 0.29) is 17.0 Å². The molecule has 0 bridgehead atoms. The van der Waals surface area contributed by atoms with Crippen LogP contribution in [0.3, 0.4) is 0 Å². The van der Waals surface area contributed by atoms with Crippen LogP contribution in [0.5, 0.6) is 5.75 Å². The van der Waals surface area contributed by atoms with Gasteiger partial charge in [-0.3, -0.25) is 14.9 Å². The molecule has 30 heavy (non-hydrogen) atoms. The van der Waals surface area contributed by atoms with E-state index >= 15 is 0 Å². The van der Waals surface area contributed by atoms with Gasteiger partial charge in [0.15, 0.2) is 5.13 Å². The van der Waals surface area contributed by atoms with Crippen molar-refractivity contribution in [2.45, 2.75) is 45.4 Å². The molecular weight excluding hydrogens is 402 g/mol. The monoisotopic (exact) mass is 427 g/mol. The van der Waals surface area contributed by atoms with E-state index < -0.39 is 4.92 Å². The highest BCUT2D eigenvalue weighted by Crippen LogP contribution is 2.30. The Kier molecular flexibility index (Phi) is 6.66. The zero-order chi connectivity index (χ0) is 21.7. The molecule has 1 heterocycles. The number of nitrogens with zero attached hydrogens (tertiary/aromatic N) is 2. The summed E-state index contributed by atoms with van der Waals surface area (Å²) in [5.41, 5.74) is 2.05. The fourth-order valence-electron chi connectivity index (χ4n) is 2.89. The van der Waals surface area contributed by atoms with Crippen LogP contribution < -0.4 is 10.1 Å². The minimum Gasteiger partial charge on any atom is -0.494 e. The molecule has 3 aromatic rings. The molecule has 1 aromatic heterocycles. The Labute approximate surface area is 179 Å². The van der Waals surface area contributed by atoms with Crippen molar-refractivity contribution in [3.63, 3.8) is 0 Å². The SMILES string of the molecule is CCC(C)(C)c1ccc(OCCCC(=O)Nc2nc3ccc([N+](=O)[O-])cc3s2)cc1. The van der Waals surface area contributed by atoms with E-state index in [9.17, 15) is 14.9 Å². The Hall–Kier alpha value is -3.00. The number of amides is 1. The first-order chi connectivity index (χ1) is 14.3. The first kappa shape index (κ1) is 21.7. The Morgan fingerprint density at radius 1 is 1.23 bits per heavy atom. The van der Waals surface area contributed by atoms with Gasteiger partial charge in [-0.1, -0.05) is 44.2 Å². The Morgan fingerprint density at radius 2 is 1.97 bits per heavy atom. The van der Waals surface area contributed by atoms with Crippen molar-refractivity contribution in [3.05, 3.63) is 58.1 Å². The fourth-order valence-corrected chi connectivity index (χ4v) is 3.81. The number of ether oxygens (including phenoxy) is 1. The average molecular weight is 428 g/mol. The molecular formula is C22H25N3O4S. The van der Waals surface area contributed by atoms with Crippen molar-refractivity contribution in [2.24, 2.45) is 0 Å². The largest absolute Gasteiger partial charge is 0.494 e. The number of anilines is 1. The molecule has 0 aliphatic carbocycles. The second-order valence-electron chi connectivity index (χ2n) is 7.69. The molecule has 0 fully saturated rings. The number of non-ortho nitro benzene ring substituents is 1. The molecule has 7 nitrogen and oxygen atoms in total. The first-order valence-electron chi connectivity index (χ1n) is 9.86. The van der Waals surface area contributed by atoms with Crippen molar-refractivity contribution in [1.29, 1.82) is 0 Å². The lowest BCUT2D eigenvalue weighted by molar-refractivity contribution is -0.384. The molecule has 0 saturated carbocycles. The summed E-state index contributed by atoms with van der Waals surface area (Å²) in [6.07, 6.45) is 1.94. The number of hydrogen-bond acceptors (Lipinski definition) is 6. The Balaban J connectivity index is 1.46. The number of nitrogens with one attached hydrogen (secondary N) is 1. The van der Waals surface area contributed by atoms with Crippen molar-refractivity contribution in [1.82, 2.24) is 4.98 Å². The van der Waals surface area contributed by atoms with Crippen LogP contribution in [-0.4, -0.2) is 22.4 Å². The number of carbonyl (C=O) groups is 1. The molecule has 1 N–H and O–H groups in total. The van der Waals surface area contributed by atoms with E-state index in [4.69, 9.17) is 4.74 Å². The highest BCUT2D eigenvalue weighted by molar-refractivity contribution is 7.22. The van der Waals surface area contributed by atoms with Gasteiger partial charge in [0.2, 0.25) is 5.91 Å². The molecule has 2 aromatic carbocycles. The van der Waals surface area contributed by atoms with Crippen LogP contribution in [0.15, 0.2) is 42.5 Å². The van der Waals surface area contributed by atoms with Gasteiger partial charge in [0.25, 0.3) is 5.69 Å². The van der Waals surface area contributed by atoms with Crippen LogP contribution in [0, 0.1) is 10.1 Å². The summed E-state index contributed by atoms with van der Waals surface area (Å²) in [5, 5.41) is 14.0. The van der Waals surface area contributed by atoms with E-state index in [1.54, 1.807) is 6.07 Å². The molecule has 0 radical (unpaired) electrons. The third-order valence-corrected chi connectivity index (χ3v) is 6.10. The molecule has 0 spiro atoms. The van der Waals surface area contributed by atoms with Crippen molar-refractivity contribution >= 4 is 38.3 Å². The lowest BCUT2D eigenvalue weighted by atomic mass is 9.82. The van der Waals surface area contributed by atoms with Gasteiger partial charge in [-0.15, -0.1) is 0 Å². The summed E-state index contributed by atoms with van der Waals surface area (Å²) in [6.45, 7) is 7.05. The first-order valence-corrected chi connectivity index (χ1v) is 10.7. The number of benzene rings is 2. The van der Waals surface area contributed by atoms with Gasteiger partial charge in [-0.25, -0.2) is 4.98 Å². The summed E-state index contributed by atoms with van der Waals surface area (Å²) in [6, 6.07) is 12.6. The summed E-state index contributed by atoms with van der Waals surface area (Å²) in [7, 11) is 0. The highest BCUT2D eigenvalue weighted by atomic mass is 32.1. The minimum absolute atomic E-state index is 0.00691. The molecule has 1 amide bonds. The van der Waals surface area contributed by atoms with E-state index in [0.29, 0.717) is 34.8 Å². The quantitative estimate of drug-likeness (QED) is 0.269. The molecule has 8 heteroatoms. The van der Waals surface area contributed by atoms with E-state index in [1.165, 1.54) is 29.0 Å². The zero-order valence-corrected chi connectivity index (χ0v) is 18.1. The van der Waals surface area contributed by atoms with Crippen molar-refractivity contribution < 1.29 is 14.5 Å². The third-order valence-electron chi connectivity index (χ3n) is 5.17. The Morgan fingerprint density at radius 3 is 2.63 bits per heavy atom. The van der Waals surface area contributed by atoms with Gasteiger partial charge in [-0.05, 0) is 42.0 Å². The average Bonchev–Trinajstić information content (AvgIpc) is 3.12. The fraction of sp³-hybridized carbons (Fsp3) is 0.364. The van der Waals surface area contributed by atoms with Gasteiger partial charge in [0.1, 0.15) is 5.75 Å². The third kappa shape index (κ3) is 5.33. The topological polar surface area (TPSA) is 94.4 Å². The van der Waals surface area contributed by atoms with Gasteiger partial charge in [0, 0.05) is 18.6 Å². The van der Waals surface area contributed by atoms with Crippen molar-refractivity contribution in [3.8, 4) is 5.75 Å². The van der Waals surface area contributed by atoms with Crippen LogP contribution in [-0.2, 0) is 10.2 Å². The molecule has 0 aliphatic heterocycles. The summed E-state index contributed by atoms with van der Waals surface area (Å²) in [5.74, 6) is 0.631. The Bertz CT molecular complexity index is 1040. The molecule has 0 saturated heterocycles. The number of nitro groups is 1. The molecule has 0 aliphatic rings. The number of aromatic nitrogens is 1. The summed E-state index contributed by atoms with van der Waals surface area (Å²) in [4.78, 5) is 26.9. The van der Waals surface area contributed by atoms with Gasteiger partial charge in [-0.2, -0.15) is 0 Å². The number of hydrogen-bond donors (Lipinski definition) is 1. The van der Waals surface area contributed by atoms with E-state index in [2.05, 4.69) is 43.2 Å². The minimum atomic E-state index is -0.449. The maximum atomic E-state index is 12.2. The highest BCUT2D eigenvalue weighted by Gasteiger charge is 2.17. The van der Waals surface area contributed by atoms with E-state index in [1.807, 2.05) is 12.1 Å². The maximum Gasteiger partial charge on any atom is 0.270 e. The number of carbonyl (C=O) groups excluding carboxylic acids is 1. The van der Waals surface area contributed by atoms with Crippen LogP contribution in [0.1, 0.15) is 45.6 Å². The van der Waals surface area contributed by atoms with E-state index in [0.717, 1.165) is 12.2 Å². The predicted molar refractivity (Wildman–Crippen MR) is 119 cm³/mol. The van der Waals surface area contributed by atoms with Crippen molar-refractivity contribution in [2.75, 3.05) is 11.9 Å². The van der Waals surface area contributed by atoms with Crippen LogP contribution in [0.25, 0.3) is 10.2 Å². The van der Waals surface area contributed by atoms with Gasteiger partial charge < -0.3 is 10.1 Å². The van der Waals surface area contributed by atoms with Crippen LogP contribution in [0.4, 0.5) is 10.8 Å². The standard InChI is InChI=1S/C22H25N3O4S/c1-4-22(2,3)15-7-10-17(11-8-15)29-13-5-6-20(26)24-21-23-18-12-9-16(25(27)28)14-19(18)30-21/h7-12,14H,4-6,13H2,1-3H3,(H,23,24,26). The van der Waals surface area contributed by atoms with Gasteiger partial charge >= 0.3 is 0 Å². The number of fused-ring (bicyclic) bond motifs is 1. The normalized spacial score (nSPS) is 11.4. The molecule has 158 valence electrons. The maximum absolute atomic E-state index is 12.2. The zero-order valence-electron chi connectivity index (χ0n) is 17.3. The second-order valence-corrected chi connectivity index (χ2v) is 8.72. The van der Waals surface area contributed by atoms with Crippen LogP contribution >= 0.6 is 11.3 Å². The predicted octanol–water partition coefficient (Wildman–Crippen LogP) is 5.69. The molecule has 0 atom stereocenters. The number of rotatable bonds is 9. The second kappa shape index (κ2) is 9.21.